The first kappa shape index (κ1) is 12.0. The lowest BCUT2D eigenvalue weighted by atomic mass is 10.4. The van der Waals surface area contributed by atoms with E-state index in [1.54, 1.807) is 12.2 Å². The van der Waals surface area contributed by atoms with E-state index < -0.39 is 0 Å². The van der Waals surface area contributed by atoms with E-state index in [4.69, 9.17) is 0 Å². The summed E-state index contributed by atoms with van der Waals surface area (Å²) in [5.74, 6) is -0.0143. The van der Waals surface area contributed by atoms with Crippen LogP contribution >= 0.6 is 0 Å². The molecule has 0 saturated heterocycles. The summed E-state index contributed by atoms with van der Waals surface area (Å²) < 4.78 is 0. The lowest BCUT2D eigenvalue weighted by molar-refractivity contribution is -0.116. The van der Waals surface area contributed by atoms with E-state index in [0.717, 1.165) is 25.6 Å². The van der Waals surface area contributed by atoms with Crippen LogP contribution in [-0.4, -0.2) is 25.0 Å². The number of hydrogen-bond donors (Lipinski definition) is 2. The minimum atomic E-state index is -0.0143. The van der Waals surface area contributed by atoms with Gasteiger partial charge in [-0.15, -0.1) is 0 Å². The highest BCUT2D eigenvalue weighted by Crippen LogP contribution is 2.18. The van der Waals surface area contributed by atoms with Crippen LogP contribution in [0.25, 0.3) is 0 Å². The molecule has 0 bridgehead atoms. The second-order valence-corrected chi connectivity index (χ2v) is 3.76. The van der Waals surface area contributed by atoms with Gasteiger partial charge in [-0.1, -0.05) is 18.2 Å². The Labute approximate surface area is 91.6 Å². The lowest BCUT2D eigenvalue weighted by Crippen LogP contribution is -2.26. The van der Waals surface area contributed by atoms with Crippen molar-refractivity contribution in [2.24, 2.45) is 0 Å². The van der Waals surface area contributed by atoms with Crippen molar-refractivity contribution in [2.75, 3.05) is 13.1 Å². The van der Waals surface area contributed by atoms with E-state index in [1.165, 1.54) is 12.8 Å². The second-order valence-electron chi connectivity index (χ2n) is 3.76. The molecule has 84 valence electrons. The van der Waals surface area contributed by atoms with Crippen LogP contribution in [0, 0.1) is 0 Å². The molecule has 3 heteroatoms. The van der Waals surface area contributed by atoms with Crippen LogP contribution in [0.15, 0.2) is 24.3 Å². The molecule has 0 aromatic heterocycles. The first-order chi connectivity index (χ1) is 7.33. The molecule has 1 aliphatic carbocycles. The number of nitrogens with one attached hydrogen (secondary N) is 2. The first-order valence-electron chi connectivity index (χ1n) is 5.63. The van der Waals surface area contributed by atoms with E-state index >= 15 is 0 Å². The Morgan fingerprint density at radius 1 is 1.33 bits per heavy atom. The molecule has 0 heterocycles. The Hall–Kier alpha value is -1.09. The van der Waals surface area contributed by atoms with Crippen molar-refractivity contribution in [3.63, 3.8) is 0 Å². The molecule has 3 nitrogen and oxygen atoms in total. The Bertz CT molecular complexity index is 242. The van der Waals surface area contributed by atoms with Crippen LogP contribution in [0.5, 0.6) is 0 Å². The van der Waals surface area contributed by atoms with Gasteiger partial charge in [0, 0.05) is 18.7 Å². The van der Waals surface area contributed by atoms with Gasteiger partial charge in [-0.2, -0.15) is 0 Å². The van der Waals surface area contributed by atoms with E-state index in [0.29, 0.717) is 0 Å². The summed E-state index contributed by atoms with van der Waals surface area (Å²) in [5.41, 5.74) is 0. The summed E-state index contributed by atoms with van der Waals surface area (Å²) in [6, 6.07) is 0.760. The van der Waals surface area contributed by atoms with Gasteiger partial charge in [0.25, 0.3) is 0 Å². The maximum absolute atomic E-state index is 11.2. The minimum Gasteiger partial charge on any atom is -0.353 e. The molecule has 0 aromatic carbocycles. The number of amides is 1. The normalized spacial score (nSPS) is 16.3. The van der Waals surface area contributed by atoms with E-state index in [2.05, 4.69) is 10.6 Å². The SMILES string of the molecule is C/C=C/C=C/C(=O)NCCCNC1CC1. The molecule has 0 unspecified atom stereocenters. The maximum atomic E-state index is 11.2. The van der Waals surface area contributed by atoms with Crippen LogP contribution in [0.4, 0.5) is 0 Å². The Balaban J connectivity index is 1.91. The first-order valence-corrected chi connectivity index (χ1v) is 5.63. The van der Waals surface area contributed by atoms with Gasteiger partial charge in [-0.3, -0.25) is 4.79 Å². The van der Waals surface area contributed by atoms with E-state index in [9.17, 15) is 4.79 Å². The minimum absolute atomic E-state index is 0.0143. The third-order valence-electron chi connectivity index (χ3n) is 2.21. The van der Waals surface area contributed by atoms with Crippen LogP contribution in [-0.2, 0) is 4.79 Å². The zero-order valence-electron chi connectivity index (χ0n) is 9.33. The highest BCUT2D eigenvalue weighted by molar-refractivity contribution is 5.87. The van der Waals surface area contributed by atoms with Gasteiger partial charge in [-0.05, 0) is 32.7 Å². The summed E-state index contributed by atoms with van der Waals surface area (Å²) in [6.45, 7) is 3.67. The highest BCUT2D eigenvalue weighted by Gasteiger charge is 2.19. The highest BCUT2D eigenvalue weighted by atomic mass is 16.1. The number of allylic oxidation sites excluding steroid dienone is 3. The fourth-order valence-corrected chi connectivity index (χ4v) is 1.21. The molecule has 0 aromatic rings. The van der Waals surface area contributed by atoms with Gasteiger partial charge < -0.3 is 10.6 Å². The Kier molecular flexibility index (Phi) is 5.78. The summed E-state index contributed by atoms with van der Waals surface area (Å²) in [7, 11) is 0. The number of hydrogen-bond acceptors (Lipinski definition) is 2. The predicted molar refractivity (Wildman–Crippen MR) is 62.6 cm³/mol. The molecule has 1 rings (SSSR count). The molecule has 1 saturated carbocycles. The standard InChI is InChI=1S/C12H20N2O/c1-2-3-4-6-12(15)14-10-5-9-13-11-7-8-11/h2-4,6,11,13H,5,7-10H2,1H3,(H,14,15)/b3-2+,6-4+. The third-order valence-corrected chi connectivity index (χ3v) is 2.21. The second kappa shape index (κ2) is 7.23. The largest absolute Gasteiger partial charge is 0.353 e. The molecule has 0 spiro atoms. The Morgan fingerprint density at radius 3 is 2.80 bits per heavy atom. The van der Waals surface area contributed by atoms with Crippen molar-refractivity contribution in [1.29, 1.82) is 0 Å². The topological polar surface area (TPSA) is 41.1 Å². The molecule has 0 aliphatic heterocycles. The van der Waals surface area contributed by atoms with Crippen molar-refractivity contribution in [3.8, 4) is 0 Å². The predicted octanol–water partition coefficient (Wildman–Crippen LogP) is 1.38. The van der Waals surface area contributed by atoms with Crippen LogP contribution < -0.4 is 10.6 Å². The van der Waals surface area contributed by atoms with E-state index in [1.807, 2.05) is 19.1 Å². The fourth-order valence-electron chi connectivity index (χ4n) is 1.21. The molecular formula is C12H20N2O. The van der Waals surface area contributed by atoms with Crippen molar-refractivity contribution in [3.05, 3.63) is 24.3 Å². The van der Waals surface area contributed by atoms with Crippen LogP contribution in [0.2, 0.25) is 0 Å². The molecule has 1 amide bonds. The van der Waals surface area contributed by atoms with Crippen molar-refractivity contribution < 1.29 is 4.79 Å². The number of rotatable bonds is 7. The van der Waals surface area contributed by atoms with Gasteiger partial charge in [0.1, 0.15) is 0 Å². The monoisotopic (exact) mass is 208 g/mol. The molecule has 15 heavy (non-hydrogen) atoms. The quantitative estimate of drug-likeness (QED) is 0.377. The van der Waals surface area contributed by atoms with Gasteiger partial charge in [-0.25, -0.2) is 0 Å². The molecule has 2 N–H and O–H groups in total. The third kappa shape index (κ3) is 6.91. The molecule has 1 aliphatic rings. The average Bonchev–Trinajstić information content (AvgIpc) is 3.02. The Morgan fingerprint density at radius 2 is 2.13 bits per heavy atom. The zero-order chi connectivity index (χ0) is 10.9. The smallest absolute Gasteiger partial charge is 0.243 e. The van der Waals surface area contributed by atoms with Gasteiger partial charge in [0.2, 0.25) is 5.91 Å². The van der Waals surface area contributed by atoms with Gasteiger partial charge in [0.05, 0.1) is 0 Å². The van der Waals surface area contributed by atoms with Gasteiger partial charge >= 0.3 is 0 Å². The lowest BCUT2D eigenvalue weighted by Gasteiger charge is -2.03. The summed E-state index contributed by atoms with van der Waals surface area (Å²) in [6.07, 6.45) is 10.7. The zero-order valence-corrected chi connectivity index (χ0v) is 9.33. The average molecular weight is 208 g/mol. The summed E-state index contributed by atoms with van der Waals surface area (Å²) >= 11 is 0. The summed E-state index contributed by atoms with van der Waals surface area (Å²) in [5, 5.41) is 6.24. The van der Waals surface area contributed by atoms with Crippen molar-refractivity contribution in [1.82, 2.24) is 10.6 Å². The molecule has 0 atom stereocenters. The molecule has 0 radical (unpaired) electrons. The van der Waals surface area contributed by atoms with Crippen molar-refractivity contribution in [2.45, 2.75) is 32.2 Å². The van der Waals surface area contributed by atoms with Crippen LogP contribution in [0.1, 0.15) is 26.2 Å². The number of carbonyl (C=O) groups excluding carboxylic acids is 1. The fraction of sp³-hybridized carbons (Fsp3) is 0.583. The van der Waals surface area contributed by atoms with E-state index in [-0.39, 0.29) is 5.91 Å². The molecular weight excluding hydrogens is 188 g/mol. The van der Waals surface area contributed by atoms with Crippen molar-refractivity contribution >= 4 is 5.91 Å². The van der Waals surface area contributed by atoms with Crippen LogP contribution in [0.3, 0.4) is 0 Å². The maximum Gasteiger partial charge on any atom is 0.243 e. The molecule has 1 fully saturated rings. The number of carbonyl (C=O) groups is 1. The van der Waals surface area contributed by atoms with Gasteiger partial charge in [0.15, 0.2) is 0 Å². The summed E-state index contributed by atoms with van der Waals surface area (Å²) in [4.78, 5) is 11.2.